The van der Waals surface area contributed by atoms with Gasteiger partial charge in [0.2, 0.25) is 0 Å². The molecule has 0 heterocycles. The Morgan fingerprint density at radius 1 is 1.42 bits per heavy atom. The summed E-state index contributed by atoms with van der Waals surface area (Å²) in [6, 6.07) is 6.10. The molecule has 104 valence electrons. The number of hydrogen-bond acceptors (Lipinski definition) is 5. The van der Waals surface area contributed by atoms with Crippen molar-refractivity contribution in [3.63, 3.8) is 0 Å². The molecule has 0 aliphatic heterocycles. The molecule has 0 fully saturated rings. The number of methoxy groups -OCH3 is 1. The topological polar surface area (TPSA) is 81.5 Å². The summed E-state index contributed by atoms with van der Waals surface area (Å²) in [7, 11) is 1.31. The zero-order valence-corrected chi connectivity index (χ0v) is 11.5. The van der Waals surface area contributed by atoms with E-state index < -0.39 is 16.4 Å². The van der Waals surface area contributed by atoms with E-state index in [1.807, 2.05) is 0 Å². The average Bonchev–Trinajstić information content (AvgIpc) is 2.37. The summed E-state index contributed by atoms with van der Waals surface area (Å²) < 4.78 is 4.69. The van der Waals surface area contributed by atoms with E-state index in [1.54, 1.807) is 39.0 Å². The molecule has 1 aromatic carbocycles. The Hall–Kier alpha value is -1.95. The molecular formula is C13H18N2O4. The van der Waals surface area contributed by atoms with Crippen LogP contribution in [0.2, 0.25) is 0 Å². The van der Waals surface area contributed by atoms with Gasteiger partial charge in [0.05, 0.1) is 12.0 Å². The predicted molar refractivity (Wildman–Crippen MR) is 70.7 cm³/mol. The molecule has 1 atom stereocenters. The number of rotatable bonds is 5. The van der Waals surface area contributed by atoms with E-state index in [-0.39, 0.29) is 11.7 Å². The number of nitrogens with zero attached hydrogens (tertiary/aromatic N) is 1. The zero-order chi connectivity index (χ0) is 14.6. The van der Waals surface area contributed by atoms with E-state index >= 15 is 0 Å². The first-order valence-electron chi connectivity index (χ1n) is 5.89. The monoisotopic (exact) mass is 266 g/mol. The number of nitrogens with one attached hydrogen (secondary N) is 1. The van der Waals surface area contributed by atoms with E-state index in [0.29, 0.717) is 5.56 Å². The van der Waals surface area contributed by atoms with Crippen molar-refractivity contribution in [2.45, 2.75) is 32.4 Å². The van der Waals surface area contributed by atoms with Crippen molar-refractivity contribution in [1.82, 2.24) is 5.32 Å². The molecule has 1 unspecified atom stereocenters. The number of esters is 1. The van der Waals surface area contributed by atoms with Crippen LogP contribution >= 0.6 is 0 Å². The van der Waals surface area contributed by atoms with Crippen LogP contribution in [-0.4, -0.2) is 23.5 Å². The fourth-order valence-corrected chi connectivity index (χ4v) is 1.95. The summed E-state index contributed by atoms with van der Waals surface area (Å²) >= 11 is 0. The molecule has 1 N–H and O–H groups in total. The quantitative estimate of drug-likeness (QED) is 0.502. The van der Waals surface area contributed by atoms with Gasteiger partial charge in [-0.05, 0) is 20.8 Å². The lowest BCUT2D eigenvalue weighted by Crippen LogP contribution is -2.48. The predicted octanol–water partition coefficient (Wildman–Crippen LogP) is 2.20. The largest absolute Gasteiger partial charge is 0.468 e. The summed E-state index contributed by atoms with van der Waals surface area (Å²) in [5, 5.41) is 14.0. The molecule has 0 aliphatic rings. The van der Waals surface area contributed by atoms with E-state index in [1.165, 1.54) is 13.2 Å². The second-order valence-electron chi connectivity index (χ2n) is 4.80. The molecule has 0 spiro atoms. The lowest BCUT2D eigenvalue weighted by Gasteiger charge is -2.27. The maximum absolute atomic E-state index is 11.6. The van der Waals surface area contributed by atoms with Gasteiger partial charge >= 0.3 is 5.97 Å². The van der Waals surface area contributed by atoms with Gasteiger partial charge in [-0.15, -0.1) is 0 Å². The van der Waals surface area contributed by atoms with Crippen LogP contribution in [0.15, 0.2) is 24.3 Å². The van der Waals surface area contributed by atoms with Crippen molar-refractivity contribution in [2.75, 3.05) is 7.11 Å². The highest BCUT2D eigenvalue weighted by molar-refractivity contribution is 5.79. The number of nitro benzene ring substituents is 1. The Morgan fingerprint density at radius 2 is 2.00 bits per heavy atom. The van der Waals surface area contributed by atoms with Crippen molar-refractivity contribution < 1.29 is 14.5 Å². The summed E-state index contributed by atoms with van der Waals surface area (Å²) in [6.45, 7) is 5.11. The third kappa shape index (κ3) is 3.51. The number of carbonyl (C=O) groups is 1. The van der Waals surface area contributed by atoms with Crippen molar-refractivity contribution in [2.24, 2.45) is 0 Å². The van der Waals surface area contributed by atoms with Gasteiger partial charge < -0.3 is 4.74 Å². The Labute approximate surface area is 111 Å². The number of para-hydroxylation sites is 1. The molecule has 0 aromatic heterocycles. The number of ether oxygens (including phenoxy) is 1. The summed E-state index contributed by atoms with van der Waals surface area (Å²) in [5.74, 6) is -0.419. The fourth-order valence-electron chi connectivity index (χ4n) is 1.95. The van der Waals surface area contributed by atoms with Crippen LogP contribution in [0.1, 0.15) is 32.4 Å². The highest BCUT2D eigenvalue weighted by Crippen LogP contribution is 2.26. The molecule has 1 rings (SSSR count). The number of carbonyl (C=O) groups excluding carboxylic acids is 1. The number of nitro groups is 1. The van der Waals surface area contributed by atoms with Crippen LogP contribution in [0, 0.1) is 10.1 Å². The van der Waals surface area contributed by atoms with Crippen molar-refractivity contribution in [3.8, 4) is 0 Å². The lowest BCUT2D eigenvalue weighted by molar-refractivity contribution is -0.385. The highest BCUT2D eigenvalue weighted by atomic mass is 16.6. The van der Waals surface area contributed by atoms with Crippen molar-refractivity contribution >= 4 is 11.7 Å². The van der Waals surface area contributed by atoms with Crippen LogP contribution in [0.3, 0.4) is 0 Å². The Morgan fingerprint density at radius 3 is 2.53 bits per heavy atom. The minimum atomic E-state index is -0.919. The Balaban J connectivity index is 2.99. The molecule has 0 bridgehead atoms. The van der Waals surface area contributed by atoms with Crippen LogP contribution in [-0.2, 0) is 9.53 Å². The van der Waals surface area contributed by atoms with Gasteiger partial charge in [0.15, 0.2) is 0 Å². The molecule has 0 radical (unpaired) electrons. The van der Waals surface area contributed by atoms with Gasteiger partial charge in [-0.1, -0.05) is 18.2 Å². The second kappa shape index (κ2) is 5.79. The van der Waals surface area contributed by atoms with Gasteiger partial charge in [-0.2, -0.15) is 0 Å². The van der Waals surface area contributed by atoms with Gasteiger partial charge in [-0.3, -0.25) is 20.2 Å². The Kier molecular flexibility index (Phi) is 4.61. The van der Waals surface area contributed by atoms with E-state index in [0.717, 1.165) is 0 Å². The van der Waals surface area contributed by atoms with Gasteiger partial charge in [0.25, 0.3) is 5.69 Å². The van der Waals surface area contributed by atoms with Crippen molar-refractivity contribution in [1.29, 1.82) is 0 Å². The number of hydrogen-bond donors (Lipinski definition) is 1. The first-order chi connectivity index (χ1) is 8.79. The molecule has 0 aliphatic carbocycles. The molecule has 0 amide bonds. The normalized spacial score (nSPS) is 12.8. The Bertz CT molecular complexity index is 485. The fraction of sp³-hybridized carbons (Fsp3) is 0.462. The minimum absolute atomic E-state index is 0.0307. The SMILES string of the molecule is COC(=O)C(C)(C)NC(C)c1ccccc1[N+](=O)[O-]. The maximum atomic E-state index is 11.6. The first kappa shape index (κ1) is 15.1. The summed E-state index contributed by atoms with van der Waals surface area (Å²) in [5.41, 5.74) is -0.356. The van der Waals surface area contributed by atoms with E-state index in [9.17, 15) is 14.9 Å². The van der Waals surface area contributed by atoms with E-state index in [4.69, 9.17) is 4.74 Å². The third-order valence-electron chi connectivity index (χ3n) is 2.87. The van der Waals surface area contributed by atoms with Crippen LogP contribution in [0.25, 0.3) is 0 Å². The summed E-state index contributed by atoms with van der Waals surface area (Å²) in [4.78, 5) is 22.1. The molecule has 0 saturated carbocycles. The molecule has 0 saturated heterocycles. The van der Waals surface area contributed by atoms with Crippen LogP contribution in [0.4, 0.5) is 5.69 Å². The first-order valence-corrected chi connectivity index (χ1v) is 5.89. The maximum Gasteiger partial charge on any atom is 0.325 e. The zero-order valence-electron chi connectivity index (χ0n) is 11.5. The number of benzene rings is 1. The highest BCUT2D eigenvalue weighted by Gasteiger charge is 2.31. The molecule has 19 heavy (non-hydrogen) atoms. The van der Waals surface area contributed by atoms with Gasteiger partial charge in [-0.25, -0.2) is 0 Å². The van der Waals surface area contributed by atoms with Crippen LogP contribution in [0.5, 0.6) is 0 Å². The molecule has 1 aromatic rings. The van der Waals surface area contributed by atoms with Crippen LogP contribution < -0.4 is 5.32 Å². The lowest BCUT2D eigenvalue weighted by atomic mass is 10.00. The summed E-state index contributed by atoms with van der Waals surface area (Å²) in [6.07, 6.45) is 0. The third-order valence-corrected chi connectivity index (χ3v) is 2.87. The van der Waals surface area contributed by atoms with Crippen molar-refractivity contribution in [3.05, 3.63) is 39.9 Å². The second-order valence-corrected chi connectivity index (χ2v) is 4.80. The standard InChI is InChI=1S/C13H18N2O4/c1-9(14-13(2,3)12(16)19-4)10-7-5-6-8-11(10)15(17)18/h5-9,14H,1-4H3. The smallest absolute Gasteiger partial charge is 0.325 e. The van der Waals surface area contributed by atoms with E-state index in [2.05, 4.69) is 5.32 Å². The minimum Gasteiger partial charge on any atom is -0.468 e. The van der Waals surface area contributed by atoms with Gasteiger partial charge in [0.1, 0.15) is 5.54 Å². The molecule has 6 nitrogen and oxygen atoms in total. The molecule has 6 heteroatoms. The molecular weight excluding hydrogens is 248 g/mol. The van der Waals surface area contributed by atoms with Gasteiger partial charge in [0, 0.05) is 17.7 Å². The average molecular weight is 266 g/mol.